The van der Waals surface area contributed by atoms with Crippen LogP contribution in [-0.4, -0.2) is 53.4 Å². The summed E-state index contributed by atoms with van der Waals surface area (Å²) in [6, 6.07) is 2.91. The van der Waals surface area contributed by atoms with Crippen LogP contribution < -0.4 is 4.74 Å². The summed E-state index contributed by atoms with van der Waals surface area (Å²) < 4.78 is 5.14. The van der Waals surface area contributed by atoms with Crippen molar-refractivity contribution in [3.63, 3.8) is 0 Å². The van der Waals surface area contributed by atoms with E-state index in [9.17, 15) is 0 Å². The number of halogens is 3. The molecule has 16 heavy (non-hydrogen) atoms. The van der Waals surface area contributed by atoms with Crippen LogP contribution in [0.3, 0.4) is 0 Å². The van der Waals surface area contributed by atoms with E-state index in [0.29, 0.717) is 20.8 Å². The molecule has 2 N–H and O–H groups in total. The second-order valence-electron chi connectivity index (χ2n) is 2.84. The molecule has 0 aliphatic rings. The first kappa shape index (κ1) is 16.6. The Morgan fingerprint density at radius 3 is 2.25 bits per heavy atom. The Kier molecular flexibility index (Phi) is 8.14. The van der Waals surface area contributed by atoms with Gasteiger partial charge in [0.1, 0.15) is 18.5 Å². The van der Waals surface area contributed by atoms with Gasteiger partial charge in [0.15, 0.2) is 0 Å². The number of aliphatic hydroxyl groups excluding tert-OH is 2. The maximum absolute atomic E-state index is 9.06. The number of aliphatic hydroxyl groups is 2. The van der Waals surface area contributed by atoms with Gasteiger partial charge < -0.3 is 14.9 Å². The van der Waals surface area contributed by atoms with Gasteiger partial charge >= 0.3 is 0 Å². The number of benzene rings is 1. The molecule has 1 atom stereocenters. The molecule has 0 aliphatic heterocycles. The molecule has 0 saturated carbocycles. The largest absolute Gasteiger partial charge is 0.489 e. The molecule has 1 rings (SSSR count). The first-order valence-corrected chi connectivity index (χ1v) is 5.24. The van der Waals surface area contributed by atoms with Crippen molar-refractivity contribution in [2.45, 2.75) is 6.10 Å². The van der Waals surface area contributed by atoms with E-state index in [2.05, 4.69) is 0 Å². The minimum absolute atomic E-state index is 0. The molecule has 0 fully saturated rings. The third-order valence-electron chi connectivity index (χ3n) is 1.62. The van der Waals surface area contributed by atoms with Gasteiger partial charge in [0.2, 0.25) is 0 Å². The molecule has 4 radical (unpaired) electrons. The van der Waals surface area contributed by atoms with Crippen molar-refractivity contribution in [1.29, 1.82) is 0 Å². The van der Waals surface area contributed by atoms with E-state index in [-0.39, 0.29) is 37.1 Å². The van der Waals surface area contributed by atoms with Crippen LogP contribution in [0.2, 0.25) is 15.1 Å². The SMILES string of the molecule is OCC(O)COc1cc(Cl)c(Cl)cc1Cl.[Sn]. The average molecular weight is 390 g/mol. The van der Waals surface area contributed by atoms with Crippen LogP contribution in [0.25, 0.3) is 0 Å². The van der Waals surface area contributed by atoms with Gasteiger partial charge in [-0.15, -0.1) is 0 Å². The second-order valence-corrected chi connectivity index (χ2v) is 4.07. The molecule has 0 amide bonds. The summed E-state index contributed by atoms with van der Waals surface area (Å²) in [4.78, 5) is 0. The fraction of sp³-hybridized carbons (Fsp3) is 0.333. The summed E-state index contributed by atoms with van der Waals surface area (Å²) in [7, 11) is 0. The van der Waals surface area contributed by atoms with Crippen LogP contribution in [-0.2, 0) is 0 Å². The van der Waals surface area contributed by atoms with Gasteiger partial charge in [-0.2, -0.15) is 0 Å². The normalized spacial score (nSPS) is 11.8. The van der Waals surface area contributed by atoms with E-state index in [1.54, 1.807) is 0 Å². The number of hydrogen-bond donors (Lipinski definition) is 2. The van der Waals surface area contributed by atoms with E-state index in [4.69, 9.17) is 49.8 Å². The van der Waals surface area contributed by atoms with Crippen LogP contribution >= 0.6 is 34.8 Å². The monoisotopic (exact) mass is 390 g/mol. The number of ether oxygens (including phenoxy) is 1. The molecule has 0 heterocycles. The number of rotatable bonds is 4. The Morgan fingerprint density at radius 1 is 1.12 bits per heavy atom. The summed E-state index contributed by atoms with van der Waals surface area (Å²) in [5, 5.41) is 18.6. The Bertz CT molecular complexity index is 349. The summed E-state index contributed by atoms with van der Waals surface area (Å²) in [6.45, 7) is -0.437. The van der Waals surface area contributed by atoms with E-state index >= 15 is 0 Å². The standard InChI is InChI=1S/C9H9Cl3O3.Sn/c10-6-1-8(12)9(2-7(6)11)15-4-5(14)3-13;/h1-2,5,13-14H,3-4H2;. The summed E-state index contributed by atoms with van der Waals surface area (Å²) in [5.41, 5.74) is 0. The summed E-state index contributed by atoms with van der Waals surface area (Å²) in [5.74, 6) is 0.318. The van der Waals surface area contributed by atoms with Crippen molar-refractivity contribution in [3.05, 3.63) is 27.2 Å². The maximum Gasteiger partial charge on any atom is 0.139 e. The molecular formula is C9H9Cl3O3Sn. The van der Waals surface area contributed by atoms with Crippen LogP contribution in [0.5, 0.6) is 5.75 Å². The number of hydrogen-bond acceptors (Lipinski definition) is 3. The maximum atomic E-state index is 9.06. The quantitative estimate of drug-likeness (QED) is 0.611. The predicted molar refractivity (Wildman–Crippen MR) is 65.8 cm³/mol. The molecule has 1 aromatic rings. The van der Waals surface area contributed by atoms with E-state index < -0.39 is 6.10 Å². The third-order valence-corrected chi connectivity index (χ3v) is 2.63. The van der Waals surface area contributed by atoms with Crippen molar-refractivity contribution < 1.29 is 14.9 Å². The Labute approximate surface area is 125 Å². The molecule has 1 unspecified atom stereocenters. The van der Waals surface area contributed by atoms with Gasteiger partial charge in [-0.05, 0) is 6.07 Å². The van der Waals surface area contributed by atoms with Crippen molar-refractivity contribution in [2.75, 3.05) is 13.2 Å². The van der Waals surface area contributed by atoms with Crippen molar-refractivity contribution in [2.24, 2.45) is 0 Å². The molecule has 0 aromatic heterocycles. The fourth-order valence-electron chi connectivity index (χ4n) is 0.854. The van der Waals surface area contributed by atoms with Gasteiger partial charge in [-0.3, -0.25) is 0 Å². The van der Waals surface area contributed by atoms with Crippen molar-refractivity contribution >= 4 is 58.7 Å². The smallest absolute Gasteiger partial charge is 0.139 e. The fourth-order valence-corrected chi connectivity index (χ4v) is 1.44. The zero-order chi connectivity index (χ0) is 11.4. The zero-order valence-corrected chi connectivity index (χ0v) is 13.2. The van der Waals surface area contributed by atoms with Gasteiger partial charge in [0.25, 0.3) is 0 Å². The zero-order valence-electron chi connectivity index (χ0n) is 8.08. The molecule has 88 valence electrons. The van der Waals surface area contributed by atoms with Gasteiger partial charge in [0.05, 0.1) is 21.7 Å². The van der Waals surface area contributed by atoms with Crippen LogP contribution in [0.15, 0.2) is 12.1 Å². The molecule has 0 spiro atoms. The third kappa shape index (κ3) is 4.85. The topological polar surface area (TPSA) is 49.7 Å². The van der Waals surface area contributed by atoms with Crippen molar-refractivity contribution in [1.82, 2.24) is 0 Å². The molecular weight excluding hydrogens is 381 g/mol. The average Bonchev–Trinajstić information content (AvgIpc) is 2.21. The Morgan fingerprint density at radius 2 is 1.69 bits per heavy atom. The molecule has 0 aliphatic carbocycles. The minimum Gasteiger partial charge on any atom is -0.489 e. The van der Waals surface area contributed by atoms with Gasteiger partial charge in [0, 0.05) is 30.0 Å². The van der Waals surface area contributed by atoms with Crippen LogP contribution in [0.4, 0.5) is 0 Å². The van der Waals surface area contributed by atoms with E-state index in [1.165, 1.54) is 12.1 Å². The molecule has 0 bridgehead atoms. The summed E-state index contributed by atoms with van der Waals surface area (Å²) >= 11 is 17.3. The van der Waals surface area contributed by atoms with Crippen LogP contribution in [0.1, 0.15) is 0 Å². The Balaban J connectivity index is 0.00000225. The first-order chi connectivity index (χ1) is 7.04. The predicted octanol–water partition coefficient (Wildman–Crippen LogP) is 2.00. The van der Waals surface area contributed by atoms with Gasteiger partial charge in [-0.1, -0.05) is 34.8 Å². The first-order valence-electron chi connectivity index (χ1n) is 4.11. The van der Waals surface area contributed by atoms with E-state index in [0.717, 1.165) is 0 Å². The Hall–Kier alpha value is 0.609. The van der Waals surface area contributed by atoms with E-state index in [1.807, 2.05) is 0 Å². The minimum atomic E-state index is -0.949. The van der Waals surface area contributed by atoms with Gasteiger partial charge in [-0.25, -0.2) is 0 Å². The summed E-state index contributed by atoms with van der Waals surface area (Å²) in [6.07, 6.45) is -0.949. The molecule has 3 nitrogen and oxygen atoms in total. The van der Waals surface area contributed by atoms with Crippen LogP contribution in [0, 0.1) is 0 Å². The second kappa shape index (κ2) is 7.84. The molecule has 7 heteroatoms. The molecule has 0 saturated heterocycles. The van der Waals surface area contributed by atoms with Crippen molar-refractivity contribution in [3.8, 4) is 5.75 Å². The molecule has 1 aromatic carbocycles.